The molecule has 0 radical (unpaired) electrons. The summed E-state index contributed by atoms with van der Waals surface area (Å²) in [6.07, 6.45) is 8.85. The molecule has 0 aliphatic heterocycles. The van der Waals surface area contributed by atoms with Crippen molar-refractivity contribution in [3.05, 3.63) is 0 Å². The first kappa shape index (κ1) is 10.9. The summed E-state index contributed by atoms with van der Waals surface area (Å²) in [5.74, 6) is 0.394. The van der Waals surface area contributed by atoms with Gasteiger partial charge < -0.3 is 5.32 Å². The Morgan fingerprint density at radius 3 is 2.23 bits per heavy atom. The van der Waals surface area contributed by atoms with Crippen LogP contribution in [0.2, 0.25) is 0 Å². The molecule has 13 heavy (non-hydrogen) atoms. The van der Waals surface area contributed by atoms with Crippen molar-refractivity contribution in [2.24, 2.45) is 0 Å². The minimum Gasteiger partial charge on any atom is -0.353 e. The van der Waals surface area contributed by atoms with Gasteiger partial charge in [-0.2, -0.15) is 12.6 Å². The standard InChI is InChI=1S/C10H19NOS/c12-10(8-13)11-9-6-4-2-1-3-5-7-9/h9,13H,1-8H2,(H,11,12). The van der Waals surface area contributed by atoms with E-state index in [9.17, 15) is 4.79 Å². The van der Waals surface area contributed by atoms with Gasteiger partial charge >= 0.3 is 0 Å². The van der Waals surface area contributed by atoms with Crippen LogP contribution in [0, 0.1) is 0 Å². The maximum Gasteiger partial charge on any atom is 0.229 e. The summed E-state index contributed by atoms with van der Waals surface area (Å²) in [6.45, 7) is 0. The highest BCUT2D eigenvalue weighted by Crippen LogP contribution is 2.16. The van der Waals surface area contributed by atoms with E-state index in [1.54, 1.807) is 0 Å². The number of rotatable bonds is 2. The molecule has 0 heterocycles. The summed E-state index contributed by atoms with van der Waals surface area (Å²) in [5.41, 5.74) is 0. The van der Waals surface area contributed by atoms with Gasteiger partial charge in [-0.15, -0.1) is 0 Å². The van der Waals surface area contributed by atoms with Crippen LogP contribution in [0.4, 0.5) is 0 Å². The third-order valence-electron chi connectivity index (χ3n) is 2.61. The molecule has 0 saturated heterocycles. The first-order chi connectivity index (χ1) is 6.33. The van der Waals surface area contributed by atoms with Crippen molar-refractivity contribution < 1.29 is 4.79 Å². The highest BCUT2D eigenvalue weighted by Gasteiger charge is 2.12. The number of carbonyl (C=O) groups excluding carboxylic acids is 1. The van der Waals surface area contributed by atoms with Crippen molar-refractivity contribution in [3.63, 3.8) is 0 Å². The van der Waals surface area contributed by atoms with Crippen LogP contribution in [-0.4, -0.2) is 17.7 Å². The van der Waals surface area contributed by atoms with Crippen LogP contribution in [0.5, 0.6) is 0 Å². The zero-order chi connectivity index (χ0) is 9.52. The fourth-order valence-corrected chi connectivity index (χ4v) is 1.97. The molecule has 1 aliphatic carbocycles. The van der Waals surface area contributed by atoms with Gasteiger partial charge in [0.05, 0.1) is 5.75 Å². The summed E-state index contributed by atoms with van der Waals surface area (Å²) in [4.78, 5) is 11.1. The van der Waals surface area contributed by atoms with Crippen molar-refractivity contribution in [3.8, 4) is 0 Å². The van der Waals surface area contributed by atoms with Gasteiger partial charge in [-0.3, -0.25) is 4.79 Å². The van der Waals surface area contributed by atoms with E-state index < -0.39 is 0 Å². The lowest BCUT2D eigenvalue weighted by atomic mass is 9.97. The van der Waals surface area contributed by atoms with Crippen LogP contribution in [0.3, 0.4) is 0 Å². The molecule has 0 atom stereocenters. The van der Waals surface area contributed by atoms with E-state index in [2.05, 4.69) is 17.9 Å². The largest absolute Gasteiger partial charge is 0.353 e. The van der Waals surface area contributed by atoms with Gasteiger partial charge in [0.25, 0.3) is 0 Å². The van der Waals surface area contributed by atoms with Crippen LogP contribution < -0.4 is 5.32 Å². The van der Waals surface area contributed by atoms with Crippen LogP contribution in [0.25, 0.3) is 0 Å². The molecule has 3 heteroatoms. The van der Waals surface area contributed by atoms with Gasteiger partial charge in [0.15, 0.2) is 0 Å². The molecule has 1 aliphatic rings. The van der Waals surface area contributed by atoms with Crippen molar-refractivity contribution >= 4 is 18.5 Å². The topological polar surface area (TPSA) is 29.1 Å². The van der Waals surface area contributed by atoms with E-state index in [4.69, 9.17) is 0 Å². The molecule has 1 fully saturated rings. The number of amides is 1. The van der Waals surface area contributed by atoms with Crippen LogP contribution in [0.15, 0.2) is 0 Å². The Bertz CT molecular complexity index is 153. The third-order valence-corrected chi connectivity index (χ3v) is 2.90. The molecular formula is C10H19NOS. The molecule has 1 saturated carbocycles. The average Bonchev–Trinajstić information content (AvgIpc) is 2.09. The molecule has 76 valence electrons. The molecule has 0 aromatic carbocycles. The number of thiol groups is 1. The van der Waals surface area contributed by atoms with Crippen LogP contribution in [0.1, 0.15) is 44.9 Å². The number of nitrogens with one attached hydrogen (secondary N) is 1. The Hall–Kier alpha value is -0.180. The highest BCUT2D eigenvalue weighted by atomic mass is 32.1. The van der Waals surface area contributed by atoms with Gasteiger partial charge in [0, 0.05) is 6.04 Å². The van der Waals surface area contributed by atoms with Gasteiger partial charge in [0.2, 0.25) is 5.91 Å². The predicted molar refractivity (Wildman–Crippen MR) is 58.1 cm³/mol. The Morgan fingerprint density at radius 2 is 1.69 bits per heavy atom. The third kappa shape index (κ3) is 4.55. The Kier molecular flexibility index (Phi) is 5.28. The molecule has 0 aromatic rings. The van der Waals surface area contributed by atoms with E-state index in [0.717, 1.165) is 12.8 Å². The lowest BCUT2D eigenvalue weighted by molar-refractivity contribution is -0.119. The molecule has 0 unspecified atom stereocenters. The first-order valence-corrected chi connectivity index (χ1v) is 5.86. The molecule has 0 spiro atoms. The quantitative estimate of drug-likeness (QED) is 0.659. The molecule has 2 nitrogen and oxygen atoms in total. The maximum atomic E-state index is 11.1. The smallest absolute Gasteiger partial charge is 0.229 e. The van der Waals surface area contributed by atoms with Crippen molar-refractivity contribution in [1.82, 2.24) is 5.32 Å². The minimum absolute atomic E-state index is 0.0777. The zero-order valence-corrected chi connectivity index (χ0v) is 8.98. The number of carbonyl (C=O) groups is 1. The zero-order valence-electron chi connectivity index (χ0n) is 8.09. The molecule has 0 bridgehead atoms. The number of hydrogen-bond donors (Lipinski definition) is 2. The Morgan fingerprint density at radius 1 is 1.15 bits per heavy atom. The highest BCUT2D eigenvalue weighted by molar-refractivity contribution is 7.81. The normalized spacial score (nSPS) is 20.4. The summed E-state index contributed by atoms with van der Waals surface area (Å²) >= 11 is 3.95. The fraction of sp³-hybridized carbons (Fsp3) is 0.900. The van der Waals surface area contributed by atoms with Gasteiger partial charge in [-0.25, -0.2) is 0 Å². The first-order valence-electron chi connectivity index (χ1n) is 5.23. The van der Waals surface area contributed by atoms with Crippen LogP contribution >= 0.6 is 12.6 Å². The van der Waals surface area contributed by atoms with E-state index in [1.807, 2.05) is 0 Å². The van der Waals surface area contributed by atoms with E-state index in [-0.39, 0.29) is 5.91 Å². The average molecular weight is 201 g/mol. The lowest BCUT2D eigenvalue weighted by Gasteiger charge is -2.20. The summed E-state index contributed by atoms with van der Waals surface area (Å²) in [5, 5.41) is 3.02. The van der Waals surface area contributed by atoms with Crippen molar-refractivity contribution in [2.45, 2.75) is 51.0 Å². The molecular weight excluding hydrogens is 182 g/mol. The Labute approximate surface area is 85.9 Å². The summed E-state index contributed by atoms with van der Waals surface area (Å²) in [6, 6.07) is 0.417. The maximum absolute atomic E-state index is 11.1. The second kappa shape index (κ2) is 6.30. The minimum atomic E-state index is 0.0777. The van der Waals surface area contributed by atoms with E-state index in [1.165, 1.54) is 32.1 Å². The van der Waals surface area contributed by atoms with E-state index >= 15 is 0 Å². The lowest BCUT2D eigenvalue weighted by Crippen LogP contribution is -2.35. The number of hydrogen-bond acceptors (Lipinski definition) is 2. The van der Waals surface area contributed by atoms with Gasteiger partial charge in [-0.05, 0) is 12.8 Å². The molecule has 1 N–H and O–H groups in total. The SMILES string of the molecule is O=C(CS)NC1CCCCCCC1. The molecule has 1 amide bonds. The second-order valence-corrected chi connectivity index (χ2v) is 4.08. The summed E-state index contributed by atoms with van der Waals surface area (Å²) < 4.78 is 0. The van der Waals surface area contributed by atoms with Gasteiger partial charge in [-0.1, -0.05) is 32.1 Å². The predicted octanol–water partition coefficient (Wildman–Crippen LogP) is 2.15. The fourth-order valence-electron chi connectivity index (χ4n) is 1.87. The second-order valence-electron chi connectivity index (χ2n) is 3.77. The van der Waals surface area contributed by atoms with Crippen molar-refractivity contribution in [2.75, 3.05) is 5.75 Å². The Balaban J connectivity index is 2.25. The monoisotopic (exact) mass is 201 g/mol. The van der Waals surface area contributed by atoms with E-state index in [0.29, 0.717) is 11.8 Å². The van der Waals surface area contributed by atoms with Crippen LogP contribution in [-0.2, 0) is 4.79 Å². The molecule has 0 aromatic heterocycles. The molecule has 1 rings (SSSR count). The summed E-state index contributed by atoms with van der Waals surface area (Å²) in [7, 11) is 0. The van der Waals surface area contributed by atoms with Gasteiger partial charge in [0.1, 0.15) is 0 Å². The van der Waals surface area contributed by atoms with Crippen molar-refractivity contribution in [1.29, 1.82) is 0 Å².